The van der Waals surface area contributed by atoms with Gasteiger partial charge in [-0.3, -0.25) is 4.79 Å². The number of carbonyl (C=O) groups is 1. The van der Waals surface area contributed by atoms with Gasteiger partial charge in [0, 0.05) is 12.8 Å². The third kappa shape index (κ3) is 5.69. The van der Waals surface area contributed by atoms with Crippen LogP contribution in [0, 0.1) is 18.3 Å². The second-order valence-corrected chi connectivity index (χ2v) is 12.3. The molecule has 0 aliphatic heterocycles. The summed E-state index contributed by atoms with van der Waals surface area (Å²) in [5, 5.41) is 11.1. The first-order valence-corrected chi connectivity index (χ1v) is 13.7. The molecule has 0 amide bonds. The minimum Gasteiger partial charge on any atom is -0.512 e. The molecule has 1 aliphatic carbocycles. The van der Waals surface area contributed by atoms with E-state index in [0.29, 0.717) is 18.4 Å². The maximum atomic E-state index is 13.4. The van der Waals surface area contributed by atoms with Crippen LogP contribution in [0.25, 0.3) is 5.57 Å². The zero-order valence-corrected chi connectivity index (χ0v) is 22.1. The van der Waals surface area contributed by atoms with Crippen LogP contribution in [-0.2, 0) is 33.6 Å². The summed E-state index contributed by atoms with van der Waals surface area (Å²) in [6.07, 6.45) is -2.92. The van der Waals surface area contributed by atoms with Crippen molar-refractivity contribution in [3.8, 4) is 0 Å². The monoisotopic (exact) mass is 522 g/mol. The second-order valence-electron chi connectivity index (χ2n) is 10.3. The van der Waals surface area contributed by atoms with Crippen LogP contribution in [0.4, 0.5) is 13.2 Å². The van der Waals surface area contributed by atoms with E-state index in [1.54, 1.807) is 13.8 Å². The summed E-state index contributed by atoms with van der Waals surface area (Å²) in [6.45, 7) is 9.42. The second kappa shape index (κ2) is 10.0. The summed E-state index contributed by atoms with van der Waals surface area (Å²) in [5.74, 6) is -1.07. The van der Waals surface area contributed by atoms with Crippen molar-refractivity contribution in [1.82, 2.24) is 0 Å². The molecule has 0 saturated carbocycles. The van der Waals surface area contributed by atoms with Crippen LogP contribution in [0.2, 0.25) is 0 Å². The molecular weight excluding hydrogens is 489 g/mol. The molecule has 0 fully saturated rings. The van der Waals surface area contributed by atoms with Gasteiger partial charge in [-0.15, -0.1) is 0 Å². The van der Waals surface area contributed by atoms with E-state index in [9.17, 15) is 31.5 Å². The lowest BCUT2D eigenvalue weighted by Crippen LogP contribution is -2.36. The van der Waals surface area contributed by atoms with E-state index >= 15 is 0 Å². The highest BCUT2D eigenvalue weighted by atomic mass is 32.2. The van der Waals surface area contributed by atoms with Gasteiger partial charge in [0.05, 0.1) is 21.8 Å². The normalized spacial score (nSPS) is 17.6. The maximum Gasteiger partial charge on any atom is 0.416 e. The summed E-state index contributed by atoms with van der Waals surface area (Å²) in [7, 11) is -3.93. The molecule has 0 saturated heterocycles. The Bertz CT molecular complexity index is 1260. The number of benzene rings is 2. The van der Waals surface area contributed by atoms with Crippen molar-refractivity contribution in [3.05, 3.63) is 70.0 Å². The van der Waals surface area contributed by atoms with Gasteiger partial charge in [-0.25, -0.2) is 8.42 Å². The Morgan fingerprint density at radius 2 is 1.50 bits per heavy atom. The molecular formula is C28H33F3O4S. The minimum atomic E-state index is -4.56. The van der Waals surface area contributed by atoms with E-state index < -0.39 is 32.9 Å². The number of Topliss-reactive ketones (excluding diaryl/α,β-unsaturated/α-hetero) is 1. The van der Waals surface area contributed by atoms with Crippen molar-refractivity contribution in [2.75, 3.05) is 5.75 Å². The lowest BCUT2D eigenvalue weighted by Gasteiger charge is -2.37. The fourth-order valence-corrected chi connectivity index (χ4v) is 7.03. The Hall–Kier alpha value is -2.61. The first kappa shape index (κ1) is 28.0. The lowest BCUT2D eigenvalue weighted by atomic mass is 9.70. The quantitative estimate of drug-likeness (QED) is 0.430. The van der Waals surface area contributed by atoms with Crippen LogP contribution >= 0.6 is 0 Å². The number of allylic oxidation sites excluding steroid dienone is 2. The van der Waals surface area contributed by atoms with Crippen LogP contribution in [0.15, 0.2) is 47.1 Å². The maximum absolute atomic E-state index is 13.4. The number of sulfone groups is 1. The zero-order chi connectivity index (χ0) is 27.1. The molecule has 1 N–H and O–H groups in total. The average Bonchev–Trinajstić information content (AvgIpc) is 2.77. The number of aliphatic hydroxyl groups is 1. The van der Waals surface area contributed by atoms with Gasteiger partial charge >= 0.3 is 6.18 Å². The van der Waals surface area contributed by atoms with Crippen molar-refractivity contribution in [1.29, 1.82) is 0 Å². The van der Waals surface area contributed by atoms with Gasteiger partial charge in [-0.2, -0.15) is 13.2 Å². The van der Waals surface area contributed by atoms with Crippen LogP contribution in [0.1, 0.15) is 68.4 Å². The highest BCUT2D eigenvalue weighted by Gasteiger charge is 2.41. The molecule has 36 heavy (non-hydrogen) atoms. The topological polar surface area (TPSA) is 71.4 Å². The van der Waals surface area contributed by atoms with Crippen molar-refractivity contribution in [3.63, 3.8) is 0 Å². The van der Waals surface area contributed by atoms with E-state index in [0.717, 1.165) is 46.5 Å². The minimum absolute atomic E-state index is 0.0375. The SMILES string of the molecule is CCc1cc(C)cc(CC)c1C1=C(O)CC(C(C)(C)CS(=O)(=O)c2ccc(C(F)(F)F)cc2)CC1=O. The summed E-state index contributed by atoms with van der Waals surface area (Å²) >= 11 is 0. The van der Waals surface area contributed by atoms with Crippen LogP contribution < -0.4 is 0 Å². The van der Waals surface area contributed by atoms with Gasteiger partial charge in [0.1, 0.15) is 5.76 Å². The lowest BCUT2D eigenvalue weighted by molar-refractivity contribution is -0.137. The van der Waals surface area contributed by atoms with Crippen molar-refractivity contribution in [2.24, 2.45) is 11.3 Å². The summed E-state index contributed by atoms with van der Waals surface area (Å²) in [5.41, 5.74) is 2.33. The van der Waals surface area contributed by atoms with Gasteiger partial charge in [0.25, 0.3) is 0 Å². The summed E-state index contributed by atoms with van der Waals surface area (Å²) in [4.78, 5) is 13.2. The Labute approximate surface area is 211 Å². The van der Waals surface area contributed by atoms with Gasteiger partial charge in [-0.05, 0) is 72.1 Å². The highest BCUT2D eigenvalue weighted by molar-refractivity contribution is 7.91. The molecule has 0 radical (unpaired) electrons. The number of aliphatic hydroxyl groups excluding tert-OH is 1. The number of alkyl halides is 3. The standard InChI is InChI=1S/C28H33F3O4S/c1-6-18-12-17(3)13-19(7-2)25(18)26-23(32)14-21(15-24(26)33)27(4,5)16-36(34,35)22-10-8-20(9-11-22)28(29,30)31/h8-13,21,32H,6-7,14-16H2,1-5H3. The number of hydrogen-bond donors (Lipinski definition) is 1. The van der Waals surface area contributed by atoms with E-state index in [-0.39, 0.29) is 35.0 Å². The molecule has 0 bridgehead atoms. The van der Waals surface area contributed by atoms with E-state index in [1.807, 2.05) is 32.9 Å². The van der Waals surface area contributed by atoms with Crippen molar-refractivity contribution >= 4 is 21.2 Å². The highest BCUT2D eigenvalue weighted by Crippen LogP contribution is 2.44. The Morgan fingerprint density at radius 3 is 1.94 bits per heavy atom. The molecule has 4 nitrogen and oxygen atoms in total. The van der Waals surface area contributed by atoms with Crippen LogP contribution in [0.3, 0.4) is 0 Å². The predicted octanol–water partition coefficient (Wildman–Crippen LogP) is 6.89. The van der Waals surface area contributed by atoms with E-state index in [2.05, 4.69) is 0 Å². The number of aryl methyl sites for hydroxylation is 3. The molecule has 1 atom stereocenters. The largest absolute Gasteiger partial charge is 0.512 e. The third-order valence-electron chi connectivity index (χ3n) is 7.10. The number of carbonyl (C=O) groups excluding carboxylic acids is 1. The average molecular weight is 523 g/mol. The Balaban J connectivity index is 1.91. The van der Waals surface area contributed by atoms with Gasteiger partial charge in [0.15, 0.2) is 15.6 Å². The molecule has 0 aromatic heterocycles. The van der Waals surface area contributed by atoms with Crippen molar-refractivity contribution in [2.45, 2.75) is 71.4 Å². The summed E-state index contributed by atoms with van der Waals surface area (Å²) < 4.78 is 64.7. The first-order valence-electron chi connectivity index (χ1n) is 12.1. The molecule has 1 unspecified atom stereocenters. The molecule has 2 aromatic carbocycles. The molecule has 0 heterocycles. The molecule has 2 aromatic rings. The number of halogens is 3. The molecule has 1 aliphatic rings. The van der Waals surface area contributed by atoms with Crippen molar-refractivity contribution < 1.29 is 31.5 Å². The fourth-order valence-electron chi connectivity index (χ4n) is 5.09. The number of ketones is 1. The zero-order valence-electron chi connectivity index (χ0n) is 21.3. The van der Waals surface area contributed by atoms with E-state index in [1.165, 1.54) is 0 Å². The smallest absolute Gasteiger partial charge is 0.416 e. The molecule has 0 spiro atoms. The molecule has 8 heteroatoms. The van der Waals surface area contributed by atoms with Gasteiger partial charge in [0.2, 0.25) is 0 Å². The van der Waals surface area contributed by atoms with E-state index in [4.69, 9.17) is 0 Å². The van der Waals surface area contributed by atoms with Crippen LogP contribution in [-0.4, -0.2) is 25.1 Å². The summed E-state index contributed by atoms with van der Waals surface area (Å²) in [6, 6.07) is 7.48. The molecule has 196 valence electrons. The van der Waals surface area contributed by atoms with Gasteiger partial charge in [-0.1, -0.05) is 45.4 Å². The third-order valence-corrected chi connectivity index (χ3v) is 9.22. The number of rotatable bonds is 7. The Morgan fingerprint density at radius 1 is 0.972 bits per heavy atom. The predicted molar refractivity (Wildman–Crippen MR) is 134 cm³/mol. The van der Waals surface area contributed by atoms with Crippen LogP contribution in [0.5, 0.6) is 0 Å². The number of hydrogen-bond acceptors (Lipinski definition) is 4. The molecule has 3 rings (SSSR count). The van der Waals surface area contributed by atoms with Gasteiger partial charge < -0.3 is 5.11 Å². The fraction of sp³-hybridized carbons (Fsp3) is 0.464. The Kier molecular flexibility index (Phi) is 7.80. The first-order chi connectivity index (χ1) is 16.6.